The fraction of sp³-hybridized carbons (Fsp3) is 0.538. The van der Waals surface area contributed by atoms with Crippen LogP contribution in [0.25, 0.3) is 0 Å². The zero-order valence-electron chi connectivity index (χ0n) is 10.7. The molecule has 0 amide bonds. The summed E-state index contributed by atoms with van der Waals surface area (Å²) in [6, 6.07) is -0.00945. The van der Waals surface area contributed by atoms with E-state index in [9.17, 15) is 0 Å². The molecule has 3 nitrogen and oxygen atoms in total. The van der Waals surface area contributed by atoms with Crippen molar-refractivity contribution < 1.29 is 9.84 Å². The number of allylic oxidation sites excluding steroid dienone is 2. The van der Waals surface area contributed by atoms with Gasteiger partial charge >= 0.3 is 0 Å². The van der Waals surface area contributed by atoms with Crippen molar-refractivity contribution in [1.82, 2.24) is 5.32 Å². The molecule has 1 atom stereocenters. The lowest BCUT2D eigenvalue weighted by atomic mass is 10.2. The van der Waals surface area contributed by atoms with Crippen molar-refractivity contribution in [1.29, 1.82) is 0 Å². The van der Waals surface area contributed by atoms with Gasteiger partial charge in [0.2, 0.25) is 0 Å². The number of ether oxygens (including phenoxy) is 1. The van der Waals surface area contributed by atoms with Crippen molar-refractivity contribution in [2.45, 2.75) is 19.9 Å². The molecule has 0 bridgehead atoms. The first-order valence-electron chi connectivity index (χ1n) is 5.58. The first-order chi connectivity index (χ1) is 7.78. The highest BCUT2D eigenvalue weighted by atomic mass is 16.5. The second-order valence-corrected chi connectivity index (χ2v) is 2.86. The van der Waals surface area contributed by atoms with E-state index in [-0.39, 0.29) is 12.6 Å². The van der Waals surface area contributed by atoms with Gasteiger partial charge < -0.3 is 15.2 Å². The maximum Gasteiger partial charge on any atom is 0.0717 e. The summed E-state index contributed by atoms with van der Waals surface area (Å²) in [5, 5.41) is 11.8. The molecule has 0 saturated heterocycles. The lowest BCUT2D eigenvalue weighted by Crippen LogP contribution is -2.33. The molecule has 0 heterocycles. The van der Waals surface area contributed by atoms with Gasteiger partial charge in [-0.15, -0.1) is 0 Å². The van der Waals surface area contributed by atoms with Crippen molar-refractivity contribution in [3.8, 4) is 0 Å². The van der Waals surface area contributed by atoms with Gasteiger partial charge in [0.1, 0.15) is 0 Å². The molecule has 0 saturated carbocycles. The summed E-state index contributed by atoms with van der Waals surface area (Å²) in [6.07, 6.45) is 5.28. The van der Waals surface area contributed by atoms with Crippen LogP contribution in [0.15, 0.2) is 37.0 Å². The lowest BCUT2D eigenvalue weighted by Gasteiger charge is -2.13. The average molecular weight is 227 g/mol. The topological polar surface area (TPSA) is 41.5 Å². The molecule has 0 aliphatic rings. The number of aliphatic hydroxyl groups excluding tert-OH is 1. The molecule has 0 aliphatic heterocycles. The highest BCUT2D eigenvalue weighted by Crippen LogP contribution is 1.97. The Labute approximate surface area is 99.5 Å². The minimum atomic E-state index is -0.00945. The van der Waals surface area contributed by atoms with E-state index in [1.54, 1.807) is 19.2 Å². The van der Waals surface area contributed by atoms with Crippen molar-refractivity contribution in [3.63, 3.8) is 0 Å². The van der Waals surface area contributed by atoms with Gasteiger partial charge in [0, 0.05) is 0 Å². The van der Waals surface area contributed by atoms with Crippen LogP contribution >= 0.6 is 0 Å². The number of aliphatic hydroxyl groups is 1. The third-order valence-electron chi connectivity index (χ3n) is 1.81. The molecule has 0 spiro atoms. The minimum absolute atomic E-state index is 0.00945. The molecule has 3 heteroatoms. The van der Waals surface area contributed by atoms with E-state index >= 15 is 0 Å². The van der Waals surface area contributed by atoms with Gasteiger partial charge in [0.05, 0.1) is 25.9 Å². The summed E-state index contributed by atoms with van der Waals surface area (Å²) in [5.41, 5.74) is 0.979. The molecule has 0 rings (SSSR count). The highest BCUT2D eigenvalue weighted by Gasteiger charge is 2.03. The normalized spacial score (nSPS) is 12.4. The van der Waals surface area contributed by atoms with Crippen LogP contribution in [-0.4, -0.2) is 38.0 Å². The number of likely N-dealkylation sites (N-methyl/N-ethyl adjacent to an activating group) is 1. The molecular weight excluding hydrogens is 202 g/mol. The van der Waals surface area contributed by atoms with E-state index in [4.69, 9.17) is 9.84 Å². The standard InChI is InChI=1S/C11H19NO2.C2H6/c1-4-6-10(5-2)8-14-9-11(7-13)12-3;1-2/h4-6,11-13H,1-2,7-9H2,3H3;1-2H3/b10-6+;. The molecule has 16 heavy (non-hydrogen) atoms. The van der Waals surface area contributed by atoms with Crippen LogP contribution in [-0.2, 0) is 4.74 Å². The first-order valence-corrected chi connectivity index (χ1v) is 5.58. The SMILES string of the molecule is C=C/C=C(\C=C)COCC(CO)NC.CC. The fourth-order valence-corrected chi connectivity index (χ4v) is 0.873. The van der Waals surface area contributed by atoms with E-state index in [1.165, 1.54) is 0 Å². The number of hydrogen-bond donors (Lipinski definition) is 2. The van der Waals surface area contributed by atoms with Gasteiger partial charge in [-0.05, 0) is 12.6 Å². The Bertz CT molecular complexity index is 196. The Kier molecular flexibility index (Phi) is 15.4. The van der Waals surface area contributed by atoms with E-state index in [2.05, 4.69) is 18.5 Å². The Morgan fingerprint density at radius 3 is 2.44 bits per heavy atom. The molecule has 0 aliphatic carbocycles. The maximum absolute atomic E-state index is 8.86. The van der Waals surface area contributed by atoms with Crippen LogP contribution in [0.3, 0.4) is 0 Å². The predicted molar refractivity (Wildman–Crippen MR) is 70.6 cm³/mol. The first kappa shape index (κ1) is 17.5. The van der Waals surface area contributed by atoms with Crippen LogP contribution in [0.5, 0.6) is 0 Å². The number of rotatable bonds is 8. The molecule has 0 aromatic heterocycles. The molecule has 94 valence electrons. The molecular formula is C13H25NO2. The van der Waals surface area contributed by atoms with Crippen LogP contribution in [0.1, 0.15) is 13.8 Å². The summed E-state index contributed by atoms with van der Waals surface area (Å²) in [5.74, 6) is 0. The Balaban J connectivity index is 0. The van der Waals surface area contributed by atoms with Crippen molar-refractivity contribution in [2.24, 2.45) is 0 Å². The summed E-state index contributed by atoms with van der Waals surface area (Å²) >= 11 is 0. The Morgan fingerprint density at radius 2 is 2.06 bits per heavy atom. The molecule has 0 fully saturated rings. The second-order valence-electron chi connectivity index (χ2n) is 2.86. The summed E-state index contributed by atoms with van der Waals surface area (Å²) in [4.78, 5) is 0. The van der Waals surface area contributed by atoms with Gasteiger partial charge in [-0.2, -0.15) is 0 Å². The average Bonchev–Trinajstić information content (AvgIpc) is 2.35. The van der Waals surface area contributed by atoms with Crippen molar-refractivity contribution in [3.05, 3.63) is 37.0 Å². The molecule has 0 aromatic carbocycles. The van der Waals surface area contributed by atoms with Crippen molar-refractivity contribution >= 4 is 0 Å². The fourth-order valence-electron chi connectivity index (χ4n) is 0.873. The van der Waals surface area contributed by atoms with E-state index < -0.39 is 0 Å². The van der Waals surface area contributed by atoms with Gasteiger partial charge in [-0.3, -0.25) is 0 Å². The molecule has 2 N–H and O–H groups in total. The zero-order chi connectivity index (χ0) is 12.8. The lowest BCUT2D eigenvalue weighted by molar-refractivity contribution is 0.107. The zero-order valence-corrected chi connectivity index (χ0v) is 10.7. The Morgan fingerprint density at radius 1 is 1.44 bits per heavy atom. The van der Waals surface area contributed by atoms with E-state index in [0.717, 1.165) is 5.57 Å². The Hall–Kier alpha value is -0.900. The van der Waals surface area contributed by atoms with Crippen LogP contribution in [0.2, 0.25) is 0 Å². The summed E-state index contributed by atoms with van der Waals surface area (Å²) in [6.45, 7) is 12.3. The van der Waals surface area contributed by atoms with Crippen LogP contribution in [0, 0.1) is 0 Å². The molecule has 1 unspecified atom stereocenters. The smallest absolute Gasteiger partial charge is 0.0717 e. The van der Waals surface area contributed by atoms with Gasteiger partial charge in [-0.1, -0.05) is 45.2 Å². The van der Waals surface area contributed by atoms with E-state index in [0.29, 0.717) is 13.2 Å². The van der Waals surface area contributed by atoms with Crippen molar-refractivity contribution in [2.75, 3.05) is 26.9 Å². The minimum Gasteiger partial charge on any atom is -0.395 e. The van der Waals surface area contributed by atoms with Crippen LogP contribution in [0.4, 0.5) is 0 Å². The molecule has 0 radical (unpaired) electrons. The van der Waals surface area contributed by atoms with Gasteiger partial charge in [0.15, 0.2) is 0 Å². The maximum atomic E-state index is 8.86. The number of hydrogen-bond acceptors (Lipinski definition) is 3. The van der Waals surface area contributed by atoms with Gasteiger partial charge in [0.25, 0.3) is 0 Å². The molecule has 0 aromatic rings. The second kappa shape index (κ2) is 14.1. The summed E-state index contributed by atoms with van der Waals surface area (Å²) in [7, 11) is 1.79. The number of nitrogens with one attached hydrogen (secondary N) is 1. The third kappa shape index (κ3) is 9.65. The summed E-state index contributed by atoms with van der Waals surface area (Å²) < 4.78 is 5.37. The third-order valence-corrected chi connectivity index (χ3v) is 1.81. The quantitative estimate of drug-likeness (QED) is 0.622. The highest BCUT2D eigenvalue weighted by molar-refractivity contribution is 5.21. The predicted octanol–water partition coefficient (Wildman–Crippen LogP) is 1.91. The van der Waals surface area contributed by atoms with Crippen LogP contribution < -0.4 is 5.32 Å². The van der Waals surface area contributed by atoms with Gasteiger partial charge in [-0.25, -0.2) is 0 Å². The largest absolute Gasteiger partial charge is 0.395 e. The van der Waals surface area contributed by atoms with E-state index in [1.807, 2.05) is 19.9 Å². The monoisotopic (exact) mass is 227 g/mol.